The fourth-order valence-electron chi connectivity index (χ4n) is 8.41. The predicted molar refractivity (Wildman–Crippen MR) is 174 cm³/mol. The summed E-state index contributed by atoms with van der Waals surface area (Å²) in [6.45, 7) is 6.78. The minimum Gasteiger partial charge on any atom is -0.457 e. The van der Waals surface area contributed by atoms with Crippen LogP contribution in [0.15, 0.2) is 60.7 Å². The summed E-state index contributed by atoms with van der Waals surface area (Å²) in [4.78, 5) is 0. The monoisotopic (exact) mass is 570 g/mol. The van der Waals surface area contributed by atoms with Crippen LogP contribution in [0.5, 0.6) is 11.5 Å². The van der Waals surface area contributed by atoms with E-state index in [1.807, 2.05) is 0 Å². The third-order valence-electron chi connectivity index (χ3n) is 10.2. The number of hydrogen-bond donors (Lipinski definition) is 2. The molecule has 2 aliphatic heterocycles. The molecule has 8 rings (SSSR count). The van der Waals surface area contributed by atoms with Gasteiger partial charge in [0, 0.05) is 23.2 Å². The maximum absolute atomic E-state index is 6.68. The lowest BCUT2D eigenvalue weighted by atomic mass is 9.75. The first-order valence-electron chi connectivity index (χ1n) is 16.5. The summed E-state index contributed by atoms with van der Waals surface area (Å²) in [7, 11) is 0. The van der Waals surface area contributed by atoms with Gasteiger partial charge in [0.2, 0.25) is 6.79 Å². The van der Waals surface area contributed by atoms with Crippen LogP contribution in [0, 0.1) is 0 Å². The first-order chi connectivity index (χ1) is 21.2. The maximum atomic E-state index is 6.68. The van der Waals surface area contributed by atoms with Crippen LogP contribution >= 0.6 is 0 Å². The molecule has 4 aromatic rings. The quantitative estimate of drug-likeness (QED) is 0.212. The third-order valence-corrected chi connectivity index (χ3v) is 10.2. The molecule has 2 N–H and O–H groups in total. The second-order valence-electron chi connectivity index (χ2n) is 12.7. The summed E-state index contributed by atoms with van der Waals surface area (Å²) < 4.78 is 13.4. The number of fused-ring (bicyclic) bond motifs is 4. The van der Waals surface area contributed by atoms with E-state index in [4.69, 9.17) is 9.47 Å². The van der Waals surface area contributed by atoms with E-state index in [1.54, 1.807) is 0 Å². The molecule has 4 aliphatic rings. The van der Waals surface area contributed by atoms with Crippen molar-refractivity contribution in [3.05, 3.63) is 105 Å². The van der Waals surface area contributed by atoms with Gasteiger partial charge in [-0.05, 0) is 119 Å². The van der Waals surface area contributed by atoms with E-state index in [9.17, 15) is 0 Å². The maximum Gasteiger partial charge on any atom is 0.230 e. The van der Waals surface area contributed by atoms with Crippen molar-refractivity contribution in [2.24, 2.45) is 0 Å². The zero-order chi connectivity index (χ0) is 28.9. The topological polar surface area (TPSA) is 42.5 Å². The minimum atomic E-state index is 0.219. The average Bonchev–Trinajstić information content (AvgIpc) is 3.03. The first kappa shape index (κ1) is 27.0. The van der Waals surface area contributed by atoms with E-state index >= 15 is 0 Å². The van der Waals surface area contributed by atoms with Crippen LogP contribution in [0.4, 0.5) is 0 Å². The summed E-state index contributed by atoms with van der Waals surface area (Å²) in [6.07, 6.45) is 8.33. The van der Waals surface area contributed by atoms with Crippen LogP contribution < -0.4 is 20.1 Å². The Morgan fingerprint density at radius 2 is 1.09 bits per heavy atom. The minimum absolute atomic E-state index is 0.219. The molecule has 0 fully saturated rings. The highest BCUT2D eigenvalue weighted by molar-refractivity contribution is 5.82. The van der Waals surface area contributed by atoms with Gasteiger partial charge in [0.25, 0.3) is 0 Å². The molecule has 2 aliphatic carbocycles. The van der Waals surface area contributed by atoms with Gasteiger partial charge in [-0.3, -0.25) is 0 Å². The van der Waals surface area contributed by atoms with Crippen molar-refractivity contribution < 1.29 is 9.47 Å². The molecule has 0 aromatic heterocycles. The van der Waals surface area contributed by atoms with Crippen molar-refractivity contribution in [3.63, 3.8) is 0 Å². The molecular formula is C39H42N2O2. The molecule has 220 valence electrons. The highest BCUT2D eigenvalue weighted by atomic mass is 16.7. The van der Waals surface area contributed by atoms with Gasteiger partial charge in [-0.2, -0.15) is 0 Å². The summed E-state index contributed by atoms with van der Waals surface area (Å²) in [5.74, 6) is 2.00. The van der Waals surface area contributed by atoms with Gasteiger partial charge in [-0.1, -0.05) is 75.2 Å². The van der Waals surface area contributed by atoms with Crippen LogP contribution in [0.1, 0.15) is 83.3 Å². The molecule has 0 saturated heterocycles. The summed E-state index contributed by atoms with van der Waals surface area (Å²) >= 11 is 0. The van der Waals surface area contributed by atoms with Crippen LogP contribution in [0.2, 0.25) is 0 Å². The largest absolute Gasteiger partial charge is 0.457 e. The molecule has 0 spiro atoms. The van der Waals surface area contributed by atoms with Gasteiger partial charge < -0.3 is 20.1 Å². The average molecular weight is 571 g/mol. The van der Waals surface area contributed by atoms with Gasteiger partial charge in [-0.15, -0.1) is 0 Å². The Balaban J connectivity index is 1.18. The molecular weight excluding hydrogens is 528 g/mol. The molecule has 4 aromatic carbocycles. The van der Waals surface area contributed by atoms with Crippen molar-refractivity contribution in [1.29, 1.82) is 0 Å². The van der Waals surface area contributed by atoms with Crippen molar-refractivity contribution in [3.8, 4) is 33.8 Å². The van der Waals surface area contributed by atoms with E-state index < -0.39 is 0 Å². The van der Waals surface area contributed by atoms with E-state index in [2.05, 4.69) is 85.1 Å². The molecule has 2 atom stereocenters. The number of nitrogens with one attached hydrogen (secondary N) is 2. The number of benzene rings is 4. The smallest absolute Gasteiger partial charge is 0.230 e. The van der Waals surface area contributed by atoms with Crippen LogP contribution in [0.3, 0.4) is 0 Å². The predicted octanol–water partition coefficient (Wildman–Crippen LogP) is 7.83. The second kappa shape index (κ2) is 11.2. The van der Waals surface area contributed by atoms with Crippen LogP contribution in [-0.4, -0.2) is 19.9 Å². The normalized spacial score (nSPS) is 19.1. The zero-order valence-corrected chi connectivity index (χ0v) is 25.5. The Hall–Kier alpha value is -3.60. The van der Waals surface area contributed by atoms with E-state index in [1.165, 1.54) is 66.8 Å². The number of hydrogen-bond acceptors (Lipinski definition) is 4. The van der Waals surface area contributed by atoms with Gasteiger partial charge in [0.15, 0.2) is 0 Å². The summed E-state index contributed by atoms with van der Waals surface area (Å²) in [6, 6.07) is 23.4. The van der Waals surface area contributed by atoms with Crippen LogP contribution in [0.25, 0.3) is 22.3 Å². The van der Waals surface area contributed by atoms with Gasteiger partial charge >= 0.3 is 0 Å². The molecule has 4 nitrogen and oxygen atoms in total. The zero-order valence-electron chi connectivity index (χ0n) is 25.5. The number of rotatable bonds is 8. The molecule has 0 radical (unpaired) electrons. The molecule has 0 amide bonds. The van der Waals surface area contributed by atoms with Gasteiger partial charge in [-0.25, -0.2) is 0 Å². The van der Waals surface area contributed by atoms with Crippen molar-refractivity contribution in [1.82, 2.24) is 10.6 Å². The molecule has 2 unspecified atom stereocenters. The van der Waals surface area contributed by atoms with Crippen LogP contribution in [-0.2, 0) is 38.5 Å². The Morgan fingerprint density at radius 3 is 1.56 bits per heavy atom. The third kappa shape index (κ3) is 4.49. The lowest BCUT2D eigenvalue weighted by Crippen LogP contribution is -2.34. The highest BCUT2D eigenvalue weighted by Gasteiger charge is 2.34. The summed E-state index contributed by atoms with van der Waals surface area (Å²) in [5, 5.41) is 7.62. The molecule has 43 heavy (non-hydrogen) atoms. The highest BCUT2D eigenvalue weighted by Crippen LogP contribution is 2.49. The number of ether oxygens (including phenoxy) is 2. The lowest BCUT2D eigenvalue weighted by molar-refractivity contribution is 0.117. The summed E-state index contributed by atoms with van der Waals surface area (Å²) in [5.41, 5.74) is 17.0. The standard InChI is InChI=1S/C39H42N2O2/c1-3-9-30-34(21-26-15-17-40-32-19-24-11-5-7-13-28(24)38(30)36(26)32)42-23-43-35-22-27-16-18-41-33-20-25-12-6-8-14-29(25)39(37(27)33)31(35)10-4-2/h5-8,11-14,21-22,32-33,40-41H,3-4,9-10,15-20,23H2,1-2H3. The second-order valence-corrected chi connectivity index (χ2v) is 12.7. The SMILES string of the molecule is CCCc1c(OCOc2cc3c4c(c2CCC)-c2ccccc2CC4NCC3)cc2c3c1-c1ccccc1CC3NCC2. The first-order valence-corrected chi connectivity index (χ1v) is 16.5. The Labute approximate surface area is 255 Å². The van der Waals surface area contributed by atoms with Crippen molar-refractivity contribution in [2.45, 2.75) is 77.3 Å². The van der Waals surface area contributed by atoms with E-state index in [0.29, 0.717) is 12.1 Å². The molecule has 2 heterocycles. The van der Waals surface area contributed by atoms with E-state index in [0.717, 1.165) is 76.0 Å². The van der Waals surface area contributed by atoms with E-state index in [-0.39, 0.29) is 6.79 Å². The molecule has 4 heteroatoms. The fraction of sp³-hybridized carbons (Fsp3) is 0.385. The van der Waals surface area contributed by atoms with Gasteiger partial charge in [0.1, 0.15) is 11.5 Å². The lowest BCUT2D eigenvalue weighted by Gasteiger charge is -2.37. The Bertz CT molecular complexity index is 1580. The molecule has 0 saturated carbocycles. The Kier molecular flexibility index (Phi) is 7.00. The van der Waals surface area contributed by atoms with Gasteiger partial charge in [0.05, 0.1) is 0 Å². The Morgan fingerprint density at radius 1 is 0.628 bits per heavy atom. The molecule has 0 bridgehead atoms. The van der Waals surface area contributed by atoms with Crippen molar-refractivity contribution >= 4 is 0 Å². The fourth-order valence-corrected chi connectivity index (χ4v) is 8.41. The van der Waals surface area contributed by atoms with Crippen molar-refractivity contribution in [2.75, 3.05) is 19.9 Å².